The number of amides is 1. The highest BCUT2D eigenvalue weighted by Crippen LogP contribution is 2.32. The smallest absolute Gasteiger partial charge is 0.340 e. The quantitative estimate of drug-likeness (QED) is 0.336. The van der Waals surface area contributed by atoms with Crippen LogP contribution in [0.1, 0.15) is 27.6 Å². The number of para-hydroxylation sites is 2. The van der Waals surface area contributed by atoms with Gasteiger partial charge in [-0.3, -0.25) is 4.79 Å². The van der Waals surface area contributed by atoms with Crippen molar-refractivity contribution in [2.75, 3.05) is 11.9 Å². The molecule has 1 amide bonds. The summed E-state index contributed by atoms with van der Waals surface area (Å²) in [5.74, 6) is -0.886. The summed E-state index contributed by atoms with van der Waals surface area (Å²) in [6, 6.07) is 20.8. The molecule has 0 saturated carbocycles. The molecule has 0 aliphatic carbocycles. The summed E-state index contributed by atoms with van der Waals surface area (Å²) in [7, 11) is 0. The van der Waals surface area contributed by atoms with Gasteiger partial charge >= 0.3 is 5.97 Å². The van der Waals surface area contributed by atoms with Crippen LogP contribution >= 0.6 is 23.2 Å². The van der Waals surface area contributed by atoms with E-state index in [-0.39, 0.29) is 18.1 Å². The fourth-order valence-corrected chi connectivity index (χ4v) is 3.87. The second kappa shape index (κ2) is 9.39. The highest BCUT2D eigenvalue weighted by molar-refractivity contribution is 6.36. The summed E-state index contributed by atoms with van der Waals surface area (Å²) in [5.41, 5.74) is 2.87. The van der Waals surface area contributed by atoms with Crippen LogP contribution in [-0.4, -0.2) is 23.5 Å². The average Bonchev–Trinajstić information content (AvgIpc) is 2.79. The zero-order chi connectivity index (χ0) is 22.7. The van der Waals surface area contributed by atoms with Gasteiger partial charge in [0.2, 0.25) is 0 Å². The molecule has 0 atom stereocenters. The van der Waals surface area contributed by atoms with Gasteiger partial charge in [-0.2, -0.15) is 0 Å². The zero-order valence-electron chi connectivity index (χ0n) is 17.1. The van der Waals surface area contributed by atoms with Crippen LogP contribution in [0.3, 0.4) is 0 Å². The number of rotatable bonds is 5. The van der Waals surface area contributed by atoms with Crippen molar-refractivity contribution in [3.8, 4) is 11.3 Å². The molecule has 3 aromatic carbocycles. The highest BCUT2D eigenvalue weighted by atomic mass is 35.5. The van der Waals surface area contributed by atoms with Gasteiger partial charge in [-0.15, -0.1) is 0 Å². The van der Waals surface area contributed by atoms with Crippen LogP contribution in [0, 0.1) is 0 Å². The molecular weight excluding hydrogens is 447 g/mol. The number of ether oxygens (including phenoxy) is 1. The molecule has 32 heavy (non-hydrogen) atoms. The first-order valence-electron chi connectivity index (χ1n) is 9.90. The Labute approximate surface area is 194 Å². The first-order chi connectivity index (χ1) is 15.5. The number of pyridine rings is 1. The second-order valence-corrected chi connectivity index (χ2v) is 7.76. The number of halogens is 2. The highest BCUT2D eigenvalue weighted by Gasteiger charge is 2.18. The molecule has 0 spiro atoms. The van der Waals surface area contributed by atoms with E-state index < -0.39 is 5.97 Å². The van der Waals surface area contributed by atoms with Crippen LogP contribution in [0.5, 0.6) is 0 Å². The lowest BCUT2D eigenvalue weighted by atomic mass is 10.0. The number of nitrogens with one attached hydrogen (secondary N) is 1. The van der Waals surface area contributed by atoms with Gasteiger partial charge < -0.3 is 10.1 Å². The van der Waals surface area contributed by atoms with Gasteiger partial charge in [0.1, 0.15) is 0 Å². The van der Waals surface area contributed by atoms with Crippen molar-refractivity contribution in [1.82, 2.24) is 4.98 Å². The molecule has 1 N–H and O–H groups in total. The lowest BCUT2D eigenvalue weighted by molar-refractivity contribution is 0.0527. The molecular formula is C25H18Cl2N2O3. The van der Waals surface area contributed by atoms with Gasteiger partial charge in [0.25, 0.3) is 5.91 Å². The Morgan fingerprint density at radius 1 is 0.938 bits per heavy atom. The topological polar surface area (TPSA) is 68.3 Å². The predicted octanol–water partition coefficient (Wildman–Crippen LogP) is 6.64. The maximum absolute atomic E-state index is 13.3. The Morgan fingerprint density at radius 3 is 2.47 bits per heavy atom. The molecule has 4 rings (SSSR count). The SMILES string of the molecule is CCOC(=O)c1ccccc1NC(=O)c1cc(-c2ccc(Cl)cc2Cl)nc2ccccc12. The Balaban J connectivity index is 1.79. The third kappa shape index (κ3) is 4.44. The first kappa shape index (κ1) is 21.8. The number of hydrogen-bond acceptors (Lipinski definition) is 4. The minimum Gasteiger partial charge on any atom is -0.462 e. The van der Waals surface area contributed by atoms with Crippen molar-refractivity contribution >= 4 is 51.7 Å². The fourth-order valence-electron chi connectivity index (χ4n) is 3.37. The third-order valence-corrected chi connectivity index (χ3v) is 5.39. The van der Waals surface area contributed by atoms with Gasteiger partial charge in [-0.05, 0) is 49.4 Å². The fraction of sp³-hybridized carbons (Fsp3) is 0.0800. The maximum Gasteiger partial charge on any atom is 0.340 e. The largest absolute Gasteiger partial charge is 0.462 e. The Morgan fingerprint density at radius 2 is 1.69 bits per heavy atom. The normalized spacial score (nSPS) is 10.7. The van der Waals surface area contributed by atoms with Crippen molar-refractivity contribution in [3.63, 3.8) is 0 Å². The molecule has 0 unspecified atom stereocenters. The summed E-state index contributed by atoms with van der Waals surface area (Å²) < 4.78 is 5.10. The van der Waals surface area contributed by atoms with E-state index in [0.29, 0.717) is 43.5 Å². The van der Waals surface area contributed by atoms with Crippen molar-refractivity contribution < 1.29 is 14.3 Å². The number of hydrogen-bond donors (Lipinski definition) is 1. The summed E-state index contributed by atoms with van der Waals surface area (Å²) in [5, 5.41) is 4.45. The first-order valence-corrected chi connectivity index (χ1v) is 10.7. The standard InChI is InChI=1S/C25H18Cl2N2O3/c1-2-32-25(31)18-8-4-6-10-22(18)29-24(30)19-14-23(17-12-11-15(26)13-20(17)27)28-21-9-5-3-7-16(19)21/h3-14H,2H2,1H3,(H,29,30). The Kier molecular flexibility index (Phi) is 6.40. The molecule has 0 radical (unpaired) electrons. The molecule has 0 fully saturated rings. The van der Waals surface area contributed by atoms with E-state index in [0.717, 1.165) is 0 Å². The number of carbonyl (C=O) groups is 2. The molecule has 5 nitrogen and oxygen atoms in total. The lowest BCUT2D eigenvalue weighted by Gasteiger charge is -2.13. The van der Waals surface area contributed by atoms with Gasteiger partial charge in [0.05, 0.1) is 39.7 Å². The predicted molar refractivity (Wildman–Crippen MR) is 128 cm³/mol. The summed E-state index contributed by atoms with van der Waals surface area (Å²) in [6.45, 7) is 1.97. The average molecular weight is 465 g/mol. The van der Waals surface area contributed by atoms with E-state index in [4.69, 9.17) is 27.9 Å². The Hall–Kier alpha value is -3.41. The van der Waals surface area contributed by atoms with Gasteiger partial charge in [-0.1, -0.05) is 53.5 Å². The van der Waals surface area contributed by atoms with Crippen molar-refractivity contribution in [1.29, 1.82) is 0 Å². The molecule has 0 saturated heterocycles. The van der Waals surface area contributed by atoms with E-state index in [1.165, 1.54) is 0 Å². The molecule has 1 heterocycles. The summed E-state index contributed by atoms with van der Waals surface area (Å²) in [4.78, 5) is 30.3. The number of nitrogens with zero attached hydrogens (tertiary/aromatic N) is 1. The van der Waals surface area contributed by atoms with Crippen LogP contribution in [-0.2, 0) is 4.74 Å². The lowest BCUT2D eigenvalue weighted by Crippen LogP contribution is -2.16. The van der Waals surface area contributed by atoms with E-state index in [2.05, 4.69) is 10.3 Å². The number of fused-ring (bicyclic) bond motifs is 1. The number of benzene rings is 3. The number of carbonyl (C=O) groups excluding carboxylic acids is 2. The van der Waals surface area contributed by atoms with E-state index >= 15 is 0 Å². The maximum atomic E-state index is 13.3. The molecule has 0 aliphatic rings. The monoisotopic (exact) mass is 464 g/mol. The molecule has 4 aromatic rings. The molecule has 1 aromatic heterocycles. The molecule has 7 heteroatoms. The zero-order valence-corrected chi connectivity index (χ0v) is 18.6. The van der Waals surface area contributed by atoms with Gasteiger partial charge in [-0.25, -0.2) is 9.78 Å². The number of esters is 1. The van der Waals surface area contributed by atoms with Crippen LogP contribution in [0.2, 0.25) is 10.0 Å². The second-order valence-electron chi connectivity index (χ2n) is 6.92. The minimum atomic E-state index is -0.503. The van der Waals surface area contributed by atoms with Crippen LogP contribution < -0.4 is 5.32 Å². The molecule has 0 aliphatic heterocycles. The van der Waals surface area contributed by atoms with E-state index in [9.17, 15) is 9.59 Å². The van der Waals surface area contributed by atoms with Crippen molar-refractivity contribution in [2.24, 2.45) is 0 Å². The number of aromatic nitrogens is 1. The summed E-state index contributed by atoms with van der Waals surface area (Å²) in [6.07, 6.45) is 0. The molecule has 0 bridgehead atoms. The van der Waals surface area contributed by atoms with Crippen LogP contribution in [0.15, 0.2) is 72.8 Å². The van der Waals surface area contributed by atoms with Crippen molar-refractivity contribution in [2.45, 2.75) is 6.92 Å². The van der Waals surface area contributed by atoms with E-state index in [1.807, 2.05) is 24.3 Å². The molecule has 160 valence electrons. The van der Waals surface area contributed by atoms with Gasteiger partial charge in [0.15, 0.2) is 0 Å². The van der Waals surface area contributed by atoms with Crippen molar-refractivity contribution in [3.05, 3.63) is 94.0 Å². The third-order valence-electron chi connectivity index (χ3n) is 4.84. The number of anilines is 1. The minimum absolute atomic E-state index is 0.237. The van der Waals surface area contributed by atoms with Crippen LogP contribution in [0.25, 0.3) is 22.2 Å². The van der Waals surface area contributed by atoms with Crippen LogP contribution in [0.4, 0.5) is 5.69 Å². The Bertz CT molecular complexity index is 1340. The summed E-state index contributed by atoms with van der Waals surface area (Å²) >= 11 is 12.4. The van der Waals surface area contributed by atoms with E-state index in [1.54, 1.807) is 55.5 Å². The van der Waals surface area contributed by atoms with Gasteiger partial charge in [0, 0.05) is 16.0 Å².